The average molecular weight is 888 g/mol. The Morgan fingerprint density at radius 2 is 1.28 bits per heavy atom. The summed E-state index contributed by atoms with van der Waals surface area (Å²) < 4.78 is 32.7. The van der Waals surface area contributed by atoms with Gasteiger partial charge in [-0.1, -0.05) is 160 Å². The quantitative estimate of drug-likeness (QED) is 0.0167. The molecule has 0 aliphatic heterocycles. The molecule has 15 heteroatoms. The van der Waals surface area contributed by atoms with Gasteiger partial charge in [0.15, 0.2) is 6.10 Å². The van der Waals surface area contributed by atoms with Crippen LogP contribution < -0.4 is 5.73 Å². The minimum absolute atomic E-state index is 0.0272. The van der Waals surface area contributed by atoms with E-state index in [9.17, 15) is 38.8 Å². The molecular weight excluding hydrogens is 805 g/mol. The first kappa shape index (κ1) is 56.6. The van der Waals surface area contributed by atoms with Gasteiger partial charge in [0.1, 0.15) is 18.4 Å². The molecular formula is C46H82NO13P. The number of hydrogen-bond donors (Lipinski definition) is 5. The maximum atomic E-state index is 12.7. The van der Waals surface area contributed by atoms with Crippen LogP contribution in [0.4, 0.5) is 0 Å². The fourth-order valence-electron chi connectivity index (χ4n) is 7.28. The summed E-state index contributed by atoms with van der Waals surface area (Å²) in [4.78, 5) is 58.8. The van der Waals surface area contributed by atoms with E-state index in [4.69, 9.17) is 24.8 Å². The van der Waals surface area contributed by atoms with Gasteiger partial charge in [-0.3, -0.25) is 28.2 Å². The molecule has 1 rings (SSSR count). The van der Waals surface area contributed by atoms with Crippen LogP contribution in [-0.2, 0) is 42.3 Å². The predicted molar refractivity (Wildman–Crippen MR) is 236 cm³/mol. The molecule has 0 radical (unpaired) electrons. The molecule has 0 saturated heterocycles. The second-order valence-electron chi connectivity index (χ2n) is 16.7. The second-order valence-corrected chi connectivity index (χ2v) is 18.1. The Kier molecular flexibility index (Phi) is 33.3. The molecule has 0 heterocycles. The van der Waals surface area contributed by atoms with E-state index in [1.165, 1.54) is 83.5 Å². The van der Waals surface area contributed by atoms with Crippen molar-refractivity contribution in [3.8, 4) is 0 Å². The lowest BCUT2D eigenvalue weighted by molar-refractivity contribution is -0.161. The third kappa shape index (κ3) is 30.3. The standard InChI is InChI=1S/C46H82NO13P/c1-3-5-7-8-9-10-11-12-13-14-15-16-17-18-19-20-25-29-44(51)57-34-38(35-58-61(55,56)59-36-41(47)46(53)54)60-45(52)30-26-22-21-24-28-39-40(43(50)33-42(39)49)32-31-37(48)27-23-6-4-2/h21,24,31-32,37-42,48-49H,3-20,22-23,25-30,33-36,47H2,1-2H3,(H,53,54)(H,55,56)/b24-21-,32-31+/t37-,38+,39+,40+,41-,42-/m0/s1. The van der Waals surface area contributed by atoms with Crippen LogP contribution in [0.1, 0.15) is 187 Å². The highest BCUT2D eigenvalue weighted by molar-refractivity contribution is 7.47. The third-order valence-corrected chi connectivity index (χ3v) is 12.0. The summed E-state index contributed by atoms with van der Waals surface area (Å²) in [6.07, 6.45) is 30.4. The van der Waals surface area contributed by atoms with Gasteiger partial charge in [0.05, 0.1) is 25.4 Å². The number of phosphoric acid groups is 1. The number of Topliss-reactive ketones (excluding diaryl/α,β-unsaturated/α-hetero) is 1. The molecule has 61 heavy (non-hydrogen) atoms. The lowest BCUT2D eigenvalue weighted by atomic mass is 9.90. The zero-order valence-corrected chi connectivity index (χ0v) is 38.4. The first-order chi connectivity index (χ1) is 29.3. The molecule has 1 aliphatic rings. The van der Waals surface area contributed by atoms with E-state index in [-0.39, 0.29) is 31.0 Å². The molecule has 1 saturated carbocycles. The summed E-state index contributed by atoms with van der Waals surface area (Å²) in [6, 6.07) is -1.56. The van der Waals surface area contributed by atoms with Gasteiger partial charge >= 0.3 is 25.7 Å². The number of phosphoric ester groups is 1. The van der Waals surface area contributed by atoms with Gasteiger partial charge in [-0.2, -0.15) is 0 Å². The molecule has 0 spiro atoms. The fourth-order valence-corrected chi connectivity index (χ4v) is 8.06. The number of aliphatic hydroxyl groups is 2. The molecule has 6 N–H and O–H groups in total. The number of allylic oxidation sites excluding steroid dienone is 3. The van der Waals surface area contributed by atoms with Crippen molar-refractivity contribution < 1.29 is 62.5 Å². The molecule has 0 aromatic rings. The van der Waals surface area contributed by atoms with Crippen LogP contribution in [0.15, 0.2) is 24.3 Å². The largest absolute Gasteiger partial charge is 0.480 e. The number of aliphatic hydroxyl groups excluding tert-OH is 2. The van der Waals surface area contributed by atoms with Gasteiger partial charge in [-0.25, -0.2) is 4.57 Å². The number of aliphatic carboxylic acids is 1. The highest BCUT2D eigenvalue weighted by Crippen LogP contribution is 2.43. The highest BCUT2D eigenvalue weighted by Gasteiger charge is 2.39. The van der Waals surface area contributed by atoms with E-state index in [1.54, 1.807) is 12.2 Å². The van der Waals surface area contributed by atoms with Crippen LogP contribution in [0.5, 0.6) is 0 Å². The summed E-state index contributed by atoms with van der Waals surface area (Å²) >= 11 is 0. The molecule has 1 fully saturated rings. The van der Waals surface area contributed by atoms with Crippen molar-refractivity contribution in [2.24, 2.45) is 17.6 Å². The number of hydrogen-bond acceptors (Lipinski definition) is 12. The number of ether oxygens (including phenoxy) is 2. The lowest BCUT2D eigenvalue weighted by Crippen LogP contribution is -2.34. The van der Waals surface area contributed by atoms with Crippen LogP contribution in [0, 0.1) is 11.8 Å². The van der Waals surface area contributed by atoms with Gasteiger partial charge in [0.2, 0.25) is 0 Å². The Balaban J connectivity index is 2.46. The summed E-state index contributed by atoms with van der Waals surface area (Å²) in [5, 5.41) is 29.7. The topological polar surface area (TPSA) is 229 Å². The Bertz CT molecular complexity index is 1290. The Labute approximate surface area is 366 Å². The van der Waals surface area contributed by atoms with Gasteiger partial charge in [0, 0.05) is 31.1 Å². The van der Waals surface area contributed by atoms with Crippen molar-refractivity contribution in [1.29, 1.82) is 0 Å². The molecule has 0 aromatic carbocycles. The summed E-state index contributed by atoms with van der Waals surface area (Å²) in [5.41, 5.74) is 5.33. The van der Waals surface area contributed by atoms with E-state index in [2.05, 4.69) is 18.4 Å². The molecule has 14 nitrogen and oxygen atoms in total. The van der Waals surface area contributed by atoms with Crippen LogP contribution in [-0.4, -0.2) is 88.1 Å². The molecule has 354 valence electrons. The van der Waals surface area contributed by atoms with Gasteiger partial charge in [-0.15, -0.1) is 0 Å². The van der Waals surface area contributed by atoms with E-state index in [0.29, 0.717) is 32.1 Å². The number of carbonyl (C=O) groups is 4. The van der Waals surface area contributed by atoms with Gasteiger partial charge in [0.25, 0.3) is 0 Å². The SMILES string of the molecule is CCCCCCCCCCCCCCCCCCCC(=O)OC[C@H](COP(=O)(O)OC[C@H](N)C(=O)O)OC(=O)CCC/C=C\C[C@H]1[C@@H](O)CC(=O)[C@@H]1/C=C/[C@@H](O)CCCCC. The normalized spacial score (nSPS) is 19.3. The average Bonchev–Trinajstić information content (AvgIpc) is 3.49. The van der Waals surface area contributed by atoms with Gasteiger partial charge < -0.3 is 35.4 Å². The zero-order valence-electron chi connectivity index (χ0n) is 37.5. The summed E-state index contributed by atoms with van der Waals surface area (Å²) in [5.74, 6) is -3.44. The van der Waals surface area contributed by atoms with Crippen molar-refractivity contribution in [3.63, 3.8) is 0 Å². The molecule has 0 bridgehead atoms. The number of esters is 2. The number of carbonyl (C=O) groups excluding carboxylic acids is 3. The first-order valence-electron chi connectivity index (χ1n) is 23.5. The Morgan fingerprint density at radius 3 is 1.85 bits per heavy atom. The monoisotopic (exact) mass is 888 g/mol. The smallest absolute Gasteiger partial charge is 0.472 e. The third-order valence-electron chi connectivity index (χ3n) is 11.1. The van der Waals surface area contributed by atoms with Crippen molar-refractivity contribution in [2.45, 2.75) is 212 Å². The van der Waals surface area contributed by atoms with Crippen LogP contribution in [0.3, 0.4) is 0 Å². The van der Waals surface area contributed by atoms with E-state index in [0.717, 1.165) is 38.5 Å². The minimum Gasteiger partial charge on any atom is -0.480 e. The van der Waals surface area contributed by atoms with E-state index < -0.39 is 75.8 Å². The number of carboxylic acids is 1. The summed E-state index contributed by atoms with van der Waals surface area (Å²) in [6.45, 7) is 2.45. The number of carboxylic acid groups (broad SMARTS) is 1. The van der Waals surface area contributed by atoms with Gasteiger partial charge in [-0.05, 0) is 32.1 Å². The predicted octanol–water partition coefficient (Wildman–Crippen LogP) is 9.21. The maximum absolute atomic E-state index is 12.7. The Hall–Kier alpha value is -2.45. The fraction of sp³-hybridized carbons (Fsp3) is 0.826. The van der Waals surface area contributed by atoms with Crippen LogP contribution >= 0.6 is 7.82 Å². The maximum Gasteiger partial charge on any atom is 0.472 e. The summed E-state index contributed by atoms with van der Waals surface area (Å²) in [7, 11) is -4.79. The minimum atomic E-state index is -4.79. The first-order valence-corrected chi connectivity index (χ1v) is 25.0. The van der Waals surface area contributed by atoms with Crippen molar-refractivity contribution in [2.75, 3.05) is 19.8 Å². The molecule has 0 aromatic heterocycles. The molecule has 1 aliphatic carbocycles. The molecule has 1 unspecified atom stereocenters. The molecule has 7 atom stereocenters. The number of rotatable bonds is 40. The lowest BCUT2D eigenvalue weighted by Gasteiger charge is -2.20. The van der Waals surface area contributed by atoms with Crippen molar-refractivity contribution in [3.05, 3.63) is 24.3 Å². The number of nitrogens with two attached hydrogens (primary N) is 1. The second kappa shape index (κ2) is 35.9. The number of unbranched alkanes of at least 4 members (excludes halogenated alkanes) is 19. The Morgan fingerprint density at radius 1 is 0.754 bits per heavy atom. The van der Waals surface area contributed by atoms with Crippen molar-refractivity contribution in [1.82, 2.24) is 0 Å². The molecule has 0 amide bonds. The number of ketones is 1. The van der Waals surface area contributed by atoms with Crippen LogP contribution in [0.2, 0.25) is 0 Å². The van der Waals surface area contributed by atoms with Crippen LogP contribution in [0.25, 0.3) is 0 Å². The van der Waals surface area contributed by atoms with E-state index in [1.807, 2.05) is 12.2 Å². The van der Waals surface area contributed by atoms with Crippen molar-refractivity contribution >= 4 is 31.5 Å². The van der Waals surface area contributed by atoms with E-state index >= 15 is 0 Å². The highest BCUT2D eigenvalue weighted by atomic mass is 31.2. The zero-order chi connectivity index (χ0) is 45.1.